The Balaban J connectivity index is 1.75. The summed E-state index contributed by atoms with van der Waals surface area (Å²) in [5, 5.41) is 10.0. The number of alkyl halides is 2. The maximum absolute atomic E-state index is 13.6. The highest BCUT2D eigenvalue weighted by molar-refractivity contribution is 7.99. The van der Waals surface area contributed by atoms with Crippen molar-refractivity contribution in [2.75, 3.05) is 24.2 Å². The molecule has 5 nitrogen and oxygen atoms in total. The molecular weight excluding hydrogens is 365 g/mol. The van der Waals surface area contributed by atoms with Crippen LogP contribution in [0.15, 0.2) is 35.5 Å². The molecule has 2 heterocycles. The van der Waals surface area contributed by atoms with Crippen LogP contribution in [0.2, 0.25) is 0 Å². The van der Waals surface area contributed by atoms with E-state index >= 15 is 0 Å². The van der Waals surface area contributed by atoms with Gasteiger partial charge in [0.15, 0.2) is 0 Å². The van der Waals surface area contributed by atoms with Gasteiger partial charge >= 0.3 is 0 Å². The van der Waals surface area contributed by atoms with E-state index in [0.29, 0.717) is 18.0 Å². The van der Waals surface area contributed by atoms with E-state index in [1.165, 1.54) is 12.1 Å². The van der Waals surface area contributed by atoms with Crippen LogP contribution in [0, 0.1) is 11.7 Å². The number of hydrogen-bond acceptors (Lipinski definition) is 4. The number of thioether (sulfide) groups is 1. The predicted molar refractivity (Wildman–Crippen MR) is 94.1 cm³/mol. The number of nitrogens with one attached hydrogen (secondary N) is 2. The maximum Gasteiger partial charge on any atom is 0.247 e. The Morgan fingerprint density at radius 3 is 2.96 bits per heavy atom. The Morgan fingerprint density at radius 1 is 1.46 bits per heavy atom. The van der Waals surface area contributed by atoms with Gasteiger partial charge in [-0.05, 0) is 23.8 Å². The molecule has 0 unspecified atom stereocenters. The van der Waals surface area contributed by atoms with Crippen LogP contribution < -0.4 is 10.6 Å². The number of carbonyl (C=O) groups is 1. The second-order valence-electron chi connectivity index (χ2n) is 6.15. The van der Waals surface area contributed by atoms with E-state index in [1.807, 2.05) is 6.20 Å². The molecule has 3 rings (SSSR count). The van der Waals surface area contributed by atoms with E-state index in [2.05, 4.69) is 15.7 Å². The standard InChI is InChI=1S/C17H19F3N4OS/c1-24-8-10(5-22-24)12-6-21-7-13(12)17(25)23-14-4-11(18)2-3-15(14)26-9-16(19)20/h2-5,8,12-13,16,21H,6-7,9H2,1H3,(H,23,25)/t12-,13+/m1/s1. The lowest BCUT2D eigenvalue weighted by atomic mass is 9.90. The first-order chi connectivity index (χ1) is 12.4. The molecule has 1 aliphatic rings. The van der Waals surface area contributed by atoms with Crippen LogP contribution >= 0.6 is 11.8 Å². The first-order valence-corrected chi connectivity index (χ1v) is 9.13. The molecule has 1 aromatic carbocycles. The zero-order valence-corrected chi connectivity index (χ0v) is 14.9. The van der Waals surface area contributed by atoms with Crippen LogP contribution in [0.5, 0.6) is 0 Å². The average Bonchev–Trinajstić information content (AvgIpc) is 3.22. The number of aryl methyl sites for hydroxylation is 1. The van der Waals surface area contributed by atoms with Gasteiger partial charge in [-0.15, -0.1) is 11.8 Å². The number of halogens is 3. The summed E-state index contributed by atoms with van der Waals surface area (Å²) in [4.78, 5) is 13.2. The minimum atomic E-state index is -2.48. The SMILES string of the molecule is Cn1cc([C@H]2CNC[C@@H]2C(=O)Nc2cc(F)ccc2SCC(F)F)cn1. The predicted octanol–water partition coefficient (Wildman–Crippen LogP) is 2.86. The number of rotatable bonds is 6. The Kier molecular flexibility index (Phi) is 5.87. The van der Waals surface area contributed by atoms with Crippen molar-refractivity contribution in [1.82, 2.24) is 15.1 Å². The van der Waals surface area contributed by atoms with Gasteiger partial charge in [-0.25, -0.2) is 13.2 Å². The molecule has 1 saturated heterocycles. The van der Waals surface area contributed by atoms with Crippen LogP contribution in [-0.4, -0.2) is 41.0 Å². The number of nitrogens with zero attached hydrogens (tertiary/aromatic N) is 2. The molecule has 9 heteroatoms. The van der Waals surface area contributed by atoms with Crippen LogP contribution in [0.3, 0.4) is 0 Å². The molecule has 1 aliphatic heterocycles. The quantitative estimate of drug-likeness (QED) is 0.752. The van der Waals surface area contributed by atoms with Crippen molar-refractivity contribution in [1.29, 1.82) is 0 Å². The molecule has 0 spiro atoms. The number of amides is 1. The van der Waals surface area contributed by atoms with Gasteiger partial charge in [-0.3, -0.25) is 9.48 Å². The molecule has 0 radical (unpaired) electrons. The molecule has 26 heavy (non-hydrogen) atoms. The second kappa shape index (κ2) is 8.13. The van der Waals surface area contributed by atoms with E-state index in [1.54, 1.807) is 17.9 Å². The highest BCUT2D eigenvalue weighted by Crippen LogP contribution is 2.32. The summed E-state index contributed by atoms with van der Waals surface area (Å²) in [7, 11) is 1.81. The van der Waals surface area contributed by atoms with Crippen molar-refractivity contribution in [3.8, 4) is 0 Å². The largest absolute Gasteiger partial charge is 0.325 e. The van der Waals surface area contributed by atoms with Gasteiger partial charge in [0.05, 0.1) is 23.6 Å². The lowest BCUT2D eigenvalue weighted by Gasteiger charge is -2.18. The van der Waals surface area contributed by atoms with E-state index in [4.69, 9.17) is 0 Å². The van der Waals surface area contributed by atoms with Gasteiger partial charge in [0.1, 0.15) is 5.82 Å². The summed E-state index contributed by atoms with van der Waals surface area (Å²) in [5.74, 6) is -1.62. The first-order valence-electron chi connectivity index (χ1n) is 8.14. The van der Waals surface area contributed by atoms with Crippen molar-refractivity contribution in [3.63, 3.8) is 0 Å². The number of carbonyl (C=O) groups excluding carboxylic acids is 1. The lowest BCUT2D eigenvalue weighted by Crippen LogP contribution is -2.28. The topological polar surface area (TPSA) is 59.0 Å². The van der Waals surface area contributed by atoms with Crippen molar-refractivity contribution in [3.05, 3.63) is 42.0 Å². The minimum absolute atomic E-state index is 0.0468. The Hall–Kier alpha value is -2.00. The van der Waals surface area contributed by atoms with Crippen molar-refractivity contribution in [2.24, 2.45) is 13.0 Å². The summed E-state index contributed by atoms with van der Waals surface area (Å²) in [6, 6.07) is 3.76. The van der Waals surface area contributed by atoms with E-state index in [0.717, 1.165) is 23.4 Å². The van der Waals surface area contributed by atoms with Crippen molar-refractivity contribution < 1.29 is 18.0 Å². The van der Waals surface area contributed by atoms with Gasteiger partial charge < -0.3 is 10.6 Å². The van der Waals surface area contributed by atoms with Gasteiger partial charge in [-0.2, -0.15) is 5.10 Å². The summed E-state index contributed by atoms with van der Waals surface area (Å²) in [6.45, 7) is 1.13. The fourth-order valence-corrected chi connectivity index (χ4v) is 3.78. The molecule has 2 N–H and O–H groups in total. The van der Waals surface area contributed by atoms with E-state index < -0.39 is 18.0 Å². The van der Waals surface area contributed by atoms with Crippen LogP contribution in [0.4, 0.5) is 18.9 Å². The molecule has 1 fully saturated rings. The third-order valence-electron chi connectivity index (χ3n) is 4.27. The van der Waals surface area contributed by atoms with Gasteiger partial charge in [0.25, 0.3) is 0 Å². The molecule has 2 atom stereocenters. The third-order valence-corrected chi connectivity index (χ3v) is 5.35. The fourth-order valence-electron chi connectivity index (χ4n) is 3.04. The molecule has 0 aliphatic carbocycles. The summed E-state index contributed by atoms with van der Waals surface area (Å²) >= 11 is 0.889. The second-order valence-corrected chi connectivity index (χ2v) is 7.21. The zero-order chi connectivity index (χ0) is 18.7. The molecule has 2 aromatic rings. The Bertz CT molecular complexity index is 783. The Labute approximate surface area is 153 Å². The molecule has 0 bridgehead atoms. The van der Waals surface area contributed by atoms with Crippen LogP contribution in [0.1, 0.15) is 11.5 Å². The molecule has 0 saturated carbocycles. The molecule has 140 valence electrons. The summed E-state index contributed by atoms with van der Waals surface area (Å²) < 4.78 is 40.2. The molecular formula is C17H19F3N4OS. The highest BCUT2D eigenvalue weighted by atomic mass is 32.2. The van der Waals surface area contributed by atoms with Crippen LogP contribution in [0.25, 0.3) is 0 Å². The molecule has 1 aromatic heterocycles. The third kappa shape index (κ3) is 4.39. The zero-order valence-electron chi connectivity index (χ0n) is 14.1. The van der Waals surface area contributed by atoms with Crippen molar-refractivity contribution in [2.45, 2.75) is 17.2 Å². The Morgan fingerprint density at radius 2 is 2.27 bits per heavy atom. The molecule has 1 amide bonds. The van der Waals surface area contributed by atoms with E-state index in [-0.39, 0.29) is 23.4 Å². The van der Waals surface area contributed by atoms with Gasteiger partial charge in [0.2, 0.25) is 12.3 Å². The normalized spacial score (nSPS) is 19.9. The monoisotopic (exact) mass is 384 g/mol. The number of anilines is 1. The fraction of sp³-hybridized carbons (Fsp3) is 0.412. The summed E-state index contributed by atoms with van der Waals surface area (Å²) in [5.41, 5.74) is 1.17. The lowest BCUT2D eigenvalue weighted by molar-refractivity contribution is -0.119. The number of aromatic nitrogens is 2. The highest BCUT2D eigenvalue weighted by Gasteiger charge is 2.35. The minimum Gasteiger partial charge on any atom is -0.325 e. The smallest absolute Gasteiger partial charge is 0.247 e. The average molecular weight is 384 g/mol. The first kappa shape index (κ1) is 18.8. The number of hydrogen-bond donors (Lipinski definition) is 2. The van der Waals surface area contributed by atoms with E-state index in [9.17, 15) is 18.0 Å². The maximum atomic E-state index is 13.6. The van der Waals surface area contributed by atoms with Gasteiger partial charge in [0, 0.05) is 37.1 Å². The van der Waals surface area contributed by atoms with Gasteiger partial charge in [-0.1, -0.05) is 0 Å². The number of benzene rings is 1. The van der Waals surface area contributed by atoms with Crippen LogP contribution in [-0.2, 0) is 11.8 Å². The van der Waals surface area contributed by atoms with Crippen molar-refractivity contribution >= 4 is 23.4 Å². The summed E-state index contributed by atoms with van der Waals surface area (Å²) in [6.07, 6.45) is 1.11.